The highest BCUT2D eigenvalue weighted by molar-refractivity contribution is 6.99. The molecule has 0 spiro atoms. The van der Waals surface area contributed by atoms with Crippen molar-refractivity contribution in [3.63, 3.8) is 0 Å². The number of benzene rings is 3. The Bertz CT molecular complexity index is 1450. The maximum atomic E-state index is 11.2. The van der Waals surface area contributed by atoms with Gasteiger partial charge in [-0.1, -0.05) is 123 Å². The summed E-state index contributed by atoms with van der Waals surface area (Å²) in [4.78, 5) is 11.2. The molecule has 0 radical (unpaired) electrons. The lowest BCUT2D eigenvalue weighted by Crippen LogP contribution is -2.67. The summed E-state index contributed by atoms with van der Waals surface area (Å²) in [5.74, 6) is 13.5. The van der Waals surface area contributed by atoms with Crippen molar-refractivity contribution < 1.29 is 23.8 Å². The molecule has 3 rings (SSSR count). The first kappa shape index (κ1) is 36.6. The van der Waals surface area contributed by atoms with Crippen molar-refractivity contribution in [1.82, 2.24) is 0 Å². The van der Waals surface area contributed by atoms with Crippen LogP contribution in [-0.4, -0.2) is 45.6 Å². The van der Waals surface area contributed by atoms with Crippen LogP contribution in [0.15, 0.2) is 97.1 Å². The van der Waals surface area contributed by atoms with Crippen molar-refractivity contribution in [1.29, 1.82) is 0 Å². The second kappa shape index (κ2) is 18.3. The van der Waals surface area contributed by atoms with Gasteiger partial charge in [0.15, 0.2) is 0 Å². The van der Waals surface area contributed by atoms with Gasteiger partial charge in [0.1, 0.15) is 30.9 Å². The molecule has 0 aliphatic carbocycles. The van der Waals surface area contributed by atoms with Crippen LogP contribution in [0.4, 0.5) is 0 Å². The first-order chi connectivity index (χ1) is 22.1. The summed E-state index contributed by atoms with van der Waals surface area (Å²) in [6.45, 7) is 13.3. The predicted octanol–water partition coefficient (Wildman–Crippen LogP) is 6.48. The third-order valence-corrected chi connectivity index (χ3v) is 13.0. The molecule has 46 heavy (non-hydrogen) atoms. The molecule has 5 nitrogen and oxygen atoms in total. The number of carbonyl (C=O) groups excluding carboxylic acids is 1. The molecule has 242 valence electrons. The van der Waals surface area contributed by atoms with Crippen LogP contribution in [0.1, 0.15) is 58.9 Å². The zero-order valence-electron chi connectivity index (χ0n) is 27.9. The SMILES string of the molecule is C=C(C)[C@H](CC=O)CCC#CC(CC(O)C#CCOCc1ccc(OC)cc1)O[Si](c1ccccc1)(c1ccccc1)C(C)(C)C. The van der Waals surface area contributed by atoms with Crippen molar-refractivity contribution in [2.75, 3.05) is 13.7 Å². The minimum absolute atomic E-state index is 0.0946. The number of carbonyl (C=O) groups is 1. The van der Waals surface area contributed by atoms with Gasteiger partial charge in [0.05, 0.1) is 13.7 Å². The molecule has 0 aliphatic rings. The highest BCUT2D eigenvalue weighted by Gasteiger charge is 2.51. The predicted molar refractivity (Wildman–Crippen MR) is 190 cm³/mol. The lowest BCUT2D eigenvalue weighted by molar-refractivity contribution is -0.108. The lowest BCUT2D eigenvalue weighted by atomic mass is 9.94. The Labute approximate surface area is 277 Å². The smallest absolute Gasteiger partial charge is 0.262 e. The van der Waals surface area contributed by atoms with E-state index in [-0.39, 0.29) is 24.0 Å². The lowest BCUT2D eigenvalue weighted by Gasteiger charge is -2.44. The summed E-state index contributed by atoms with van der Waals surface area (Å²) in [6.07, 6.45) is 1.39. The van der Waals surface area contributed by atoms with E-state index in [1.165, 1.54) is 0 Å². The van der Waals surface area contributed by atoms with Gasteiger partial charge in [-0.25, -0.2) is 0 Å². The monoisotopic (exact) mass is 636 g/mol. The molecule has 0 aromatic heterocycles. The minimum atomic E-state index is -2.94. The third kappa shape index (κ3) is 10.6. The number of hydrogen-bond donors (Lipinski definition) is 1. The number of aliphatic hydroxyl groups is 1. The molecule has 1 N–H and O–H groups in total. The fourth-order valence-corrected chi connectivity index (χ4v) is 10.1. The van der Waals surface area contributed by atoms with Gasteiger partial charge in [-0.15, -0.1) is 5.92 Å². The van der Waals surface area contributed by atoms with Gasteiger partial charge in [-0.05, 0) is 52.4 Å². The maximum Gasteiger partial charge on any atom is 0.262 e. The molecule has 3 aromatic rings. The van der Waals surface area contributed by atoms with Crippen LogP contribution in [0, 0.1) is 29.6 Å². The van der Waals surface area contributed by atoms with E-state index in [4.69, 9.17) is 13.9 Å². The van der Waals surface area contributed by atoms with Crippen LogP contribution in [0.2, 0.25) is 5.04 Å². The van der Waals surface area contributed by atoms with Gasteiger partial charge >= 0.3 is 0 Å². The van der Waals surface area contributed by atoms with Crippen molar-refractivity contribution >= 4 is 25.0 Å². The van der Waals surface area contributed by atoms with Crippen molar-refractivity contribution in [3.8, 4) is 29.4 Å². The molecular weight excluding hydrogens is 589 g/mol. The largest absolute Gasteiger partial charge is 0.497 e. The molecule has 0 fully saturated rings. The van der Waals surface area contributed by atoms with Crippen molar-refractivity contribution in [2.45, 2.75) is 77.2 Å². The highest BCUT2D eigenvalue weighted by atomic mass is 28.4. The molecule has 3 aromatic carbocycles. The number of hydrogen-bond acceptors (Lipinski definition) is 5. The molecule has 2 unspecified atom stereocenters. The zero-order chi connectivity index (χ0) is 33.4. The highest BCUT2D eigenvalue weighted by Crippen LogP contribution is 2.38. The van der Waals surface area contributed by atoms with E-state index >= 15 is 0 Å². The quantitative estimate of drug-likeness (QED) is 0.0681. The van der Waals surface area contributed by atoms with E-state index in [9.17, 15) is 9.90 Å². The Morgan fingerprint density at radius 3 is 2.07 bits per heavy atom. The first-order valence-electron chi connectivity index (χ1n) is 15.8. The van der Waals surface area contributed by atoms with Crippen LogP contribution in [0.25, 0.3) is 0 Å². The van der Waals surface area contributed by atoms with E-state index in [0.29, 0.717) is 19.4 Å². The molecule has 6 heteroatoms. The third-order valence-electron chi connectivity index (χ3n) is 8.00. The Balaban J connectivity index is 1.87. The molecule has 0 aliphatic heterocycles. The van der Waals surface area contributed by atoms with E-state index in [1.807, 2.05) is 67.6 Å². The van der Waals surface area contributed by atoms with E-state index in [1.54, 1.807) is 7.11 Å². The molecule has 0 heterocycles. The normalized spacial score (nSPS) is 13.3. The van der Waals surface area contributed by atoms with Crippen LogP contribution < -0.4 is 15.1 Å². The van der Waals surface area contributed by atoms with Crippen LogP contribution in [-0.2, 0) is 20.6 Å². The fraction of sp³-hybridized carbons (Fsp3) is 0.375. The van der Waals surface area contributed by atoms with Crippen LogP contribution >= 0.6 is 0 Å². The molecule has 3 atom stereocenters. The summed E-state index contributed by atoms with van der Waals surface area (Å²) in [7, 11) is -1.30. The van der Waals surface area contributed by atoms with E-state index < -0.39 is 20.5 Å². The molecule has 0 bridgehead atoms. The van der Waals surface area contributed by atoms with Gasteiger partial charge in [0, 0.05) is 19.3 Å². The summed E-state index contributed by atoms with van der Waals surface area (Å²) >= 11 is 0. The van der Waals surface area contributed by atoms with Gasteiger partial charge in [-0.3, -0.25) is 0 Å². The second-order valence-electron chi connectivity index (χ2n) is 12.5. The number of ether oxygens (including phenoxy) is 2. The number of aliphatic hydroxyl groups excluding tert-OH is 1. The number of methoxy groups -OCH3 is 1. The number of aldehydes is 1. The fourth-order valence-electron chi connectivity index (χ4n) is 5.52. The number of allylic oxidation sites excluding steroid dienone is 1. The minimum Gasteiger partial charge on any atom is -0.497 e. The average molecular weight is 637 g/mol. The summed E-state index contributed by atoms with van der Waals surface area (Å²) < 4.78 is 18.2. The molecule has 0 saturated heterocycles. The Morgan fingerprint density at radius 2 is 1.54 bits per heavy atom. The zero-order valence-corrected chi connectivity index (χ0v) is 28.9. The van der Waals surface area contributed by atoms with E-state index in [0.717, 1.165) is 40.0 Å². The van der Waals surface area contributed by atoms with Gasteiger partial charge in [-0.2, -0.15) is 0 Å². The van der Waals surface area contributed by atoms with Crippen LogP contribution in [0.3, 0.4) is 0 Å². The standard InChI is InChI=1S/C40H48O5Si/c1-32(2)34(27-28-41)16-13-14-18-37(30-35(42)17-15-29-44-31-33-23-25-36(43-6)26-24-33)45-46(40(3,4)5,38-19-9-7-10-20-38)39-21-11-8-12-22-39/h7-12,19-26,28,34-35,37,42H,1,13,16,27,29-31H2,2-6H3/t34-,35?,37?/m0/s1. The maximum absolute atomic E-state index is 11.2. The van der Waals surface area contributed by atoms with E-state index in [2.05, 4.69) is 75.3 Å². The second-order valence-corrected chi connectivity index (χ2v) is 16.7. The van der Waals surface area contributed by atoms with Crippen molar-refractivity contribution in [3.05, 3.63) is 103 Å². The van der Waals surface area contributed by atoms with Gasteiger partial charge in [0.2, 0.25) is 0 Å². The first-order valence-corrected chi connectivity index (χ1v) is 17.7. The topological polar surface area (TPSA) is 65.0 Å². The van der Waals surface area contributed by atoms with Crippen LogP contribution in [0.5, 0.6) is 5.75 Å². The summed E-state index contributed by atoms with van der Waals surface area (Å²) in [5.41, 5.74) is 1.99. The molecular formula is C40H48O5Si. The number of rotatable bonds is 15. The van der Waals surface area contributed by atoms with Gasteiger partial charge < -0.3 is 23.8 Å². The summed E-state index contributed by atoms with van der Waals surface area (Å²) in [6, 6.07) is 28.5. The molecule has 0 amide bonds. The van der Waals surface area contributed by atoms with Gasteiger partial charge in [0.25, 0.3) is 8.32 Å². The Morgan fingerprint density at radius 1 is 0.935 bits per heavy atom. The Hall–Kier alpha value is -3.91. The van der Waals surface area contributed by atoms with Crippen molar-refractivity contribution in [2.24, 2.45) is 5.92 Å². The average Bonchev–Trinajstić information content (AvgIpc) is 3.05. The molecule has 0 saturated carbocycles. The Kier molecular flexibility index (Phi) is 14.5. The summed E-state index contributed by atoms with van der Waals surface area (Å²) in [5, 5.41) is 13.1.